The molecule has 0 fully saturated rings. The summed E-state index contributed by atoms with van der Waals surface area (Å²) in [5.74, 6) is 0.338. The van der Waals surface area contributed by atoms with E-state index in [0.29, 0.717) is 28.4 Å². The molecular formula is C20H19N3O4. The monoisotopic (exact) mass is 365 g/mol. The summed E-state index contributed by atoms with van der Waals surface area (Å²) in [4.78, 5) is 23.7. The molecule has 0 saturated carbocycles. The second-order valence-electron chi connectivity index (χ2n) is 5.47. The highest BCUT2D eigenvalue weighted by Crippen LogP contribution is 2.29. The summed E-state index contributed by atoms with van der Waals surface area (Å²) >= 11 is 0. The summed E-state index contributed by atoms with van der Waals surface area (Å²) in [5, 5.41) is 14.8. The van der Waals surface area contributed by atoms with Crippen molar-refractivity contribution >= 4 is 23.1 Å². The Kier molecular flexibility index (Phi) is 6.55. The Labute approximate surface area is 157 Å². The topological polar surface area (TPSA) is 100 Å². The molecule has 0 unspecified atom stereocenters. The highest BCUT2D eigenvalue weighted by atomic mass is 16.5. The van der Waals surface area contributed by atoms with Gasteiger partial charge in [0.25, 0.3) is 5.91 Å². The first-order valence-electron chi connectivity index (χ1n) is 7.99. The molecule has 2 aromatic carbocycles. The number of methoxy groups -OCH3 is 2. The molecule has 0 saturated heterocycles. The molecule has 0 heterocycles. The predicted octanol–water partition coefficient (Wildman–Crippen LogP) is 3.36. The number of ketones is 1. The van der Waals surface area contributed by atoms with Crippen LogP contribution in [0.25, 0.3) is 0 Å². The van der Waals surface area contributed by atoms with Gasteiger partial charge in [0.05, 0.1) is 19.9 Å². The van der Waals surface area contributed by atoms with Crippen molar-refractivity contribution in [3.8, 4) is 17.6 Å². The molecule has 138 valence electrons. The Morgan fingerprint density at radius 2 is 1.78 bits per heavy atom. The third-order valence-electron chi connectivity index (χ3n) is 3.69. The van der Waals surface area contributed by atoms with Crippen LogP contribution < -0.4 is 20.1 Å². The molecule has 0 aromatic heterocycles. The average Bonchev–Trinajstić information content (AvgIpc) is 2.68. The molecule has 2 N–H and O–H groups in total. The van der Waals surface area contributed by atoms with Crippen LogP contribution in [0.4, 0.5) is 11.4 Å². The lowest BCUT2D eigenvalue weighted by molar-refractivity contribution is -0.112. The minimum atomic E-state index is -0.600. The maximum Gasteiger partial charge on any atom is 0.267 e. The highest BCUT2D eigenvalue weighted by molar-refractivity contribution is 6.07. The lowest BCUT2D eigenvalue weighted by atomic mass is 10.1. The third kappa shape index (κ3) is 5.09. The number of anilines is 2. The van der Waals surface area contributed by atoms with E-state index in [1.165, 1.54) is 27.3 Å². The van der Waals surface area contributed by atoms with Crippen LogP contribution in [0.15, 0.2) is 54.2 Å². The highest BCUT2D eigenvalue weighted by Gasteiger charge is 2.13. The number of hydrogen-bond acceptors (Lipinski definition) is 6. The van der Waals surface area contributed by atoms with Gasteiger partial charge in [-0.15, -0.1) is 0 Å². The Bertz CT molecular complexity index is 912. The van der Waals surface area contributed by atoms with Gasteiger partial charge in [0.2, 0.25) is 0 Å². The number of benzene rings is 2. The third-order valence-corrected chi connectivity index (χ3v) is 3.69. The second-order valence-corrected chi connectivity index (χ2v) is 5.47. The number of nitrogens with zero attached hydrogens (tertiary/aromatic N) is 1. The minimum absolute atomic E-state index is 0.0404. The molecule has 0 bridgehead atoms. The number of carbonyl (C=O) groups excluding carboxylic acids is 2. The average molecular weight is 365 g/mol. The number of Topliss-reactive ketones (excluding diaryl/α,β-unsaturated/α-hetero) is 1. The van der Waals surface area contributed by atoms with Crippen molar-refractivity contribution in [3.05, 3.63) is 59.8 Å². The van der Waals surface area contributed by atoms with Crippen LogP contribution in [0.2, 0.25) is 0 Å². The van der Waals surface area contributed by atoms with E-state index >= 15 is 0 Å². The number of nitrogens with one attached hydrogen (secondary N) is 2. The Hall–Kier alpha value is -3.79. The van der Waals surface area contributed by atoms with Gasteiger partial charge in [-0.25, -0.2) is 0 Å². The van der Waals surface area contributed by atoms with Gasteiger partial charge in [-0.2, -0.15) is 5.26 Å². The van der Waals surface area contributed by atoms with E-state index in [2.05, 4.69) is 10.6 Å². The van der Waals surface area contributed by atoms with Crippen LogP contribution in [0.5, 0.6) is 11.5 Å². The van der Waals surface area contributed by atoms with E-state index in [0.717, 1.165) is 0 Å². The van der Waals surface area contributed by atoms with Crippen molar-refractivity contribution in [2.45, 2.75) is 6.92 Å². The fourth-order valence-electron chi connectivity index (χ4n) is 2.21. The Balaban J connectivity index is 2.15. The van der Waals surface area contributed by atoms with Gasteiger partial charge < -0.3 is 20.1 Å². The smallest absolute Gasteiger partial charge is 0.267 e. The minimum Gasteiger partial charge on any atom is -0.497 e. The van der Waals surface area contributed by atoms with Crippen LogP contribution in [0, 0.1) is 11.3 Å². The first-order valence-corrected chi connectivity index (χ1v) is 7.99. The maximum absolute atomic E-state index is 12.4. The van der Waals surface area contributed by atoms with Crippen LogP contribution in [0.3, 0.4) is 0 Å². The first-order chi connectivity index (χ1) is 13.0. The number of ether oxygens (including phenoxy) is 2. The van der Waals surface area contributed by atoms with Gasteiger partial charge in [0, 0.05) is 23.5 Å². The molecule has 0 spiro atoms. The van der Waals surface area contributed by atoms with Crippen molar-refractivity contribution in [2.24, 2.45) is 0 Å². The van der Waals surface area contributed by atoms with Crippen molar-refractivity contribution in [1.82, 2.24) is 0 Å². The predicted molar refractivity (Wildman–Crippen MR) is 102 cm³/mol. The lowest BCUT2D eigenvalue weighted by Gasteiger charge is -2.11. The Morgan fingerprint density at radius 1 is 1.07 bits per heavy atom. The molecule has 0 aliphatic carbocycles. The van der Waals surface area contributed by atoms with Gasteiger partial charge in [-0.3, -0.25) is 9.59 Å². The lowest BCUT2D eigenvalue weighted by Crippen LogP contribution is -2.15. The summed E-state index contributed by atoms with van der Waals surface area (Å²) in [7, 11) is 2.99. The molecule has 0 atom stereocenters. The van der Waals surface area contributed by atoms with E-state index < -0.39 is 5.91 Å². The molecule has 27 heavy (non-hydrogen) atoms. The fourth-order valence-corrected chi connectivity index (χ4v) is 2.21. The van der Waals surface area contributed by atoms with Crippen LogP contribution in [-0.2, 0) is 4.79 Å². The Morgan fingerprint density at radius 3 is 2.33 bits per heavy atom. The summed E-state index contributed by atoms with van der Waals surface area (Å²) in [6.45, 7) is 1.48. The van der Waals surface area contributed by atoms with E-state index in [4.69, 9.17) is 9.47 Å². The number of nitriles is 1. The molecular weight excluding hydrogens is 346 g/mol. The normalized spacial score (nSPS) is 10.5. The summed E-state index contributed by atoms with van der Waals surface area (Å²) in [6, 6.07) is 13.5. The molecule has 7 heteroatoms. The molecule has 7 nitrogen and oxygen atoms in total. The molecule has 0 aliphatic rings. The number of rotatable bonds is 7. The molecule has 0 radical (unpaired) electrons. The SMILES string of the molecule is COc1ccc(OC)c(NC(=O)/C(C#N)=C\Nc2ccc(C(C)=O)cc2)c1. The van der Waals surface area contributed by atoms with Crippen molar-refractivity contribution in [2.75, 3.05) is 24.9 Å². The van der Waals surface area contributed by atoms with Crippen LogP contribution in [-0.4, -0.2) is 25.9 Å². The van der Waals surface area contributed by atoms with E-state index in [-0.39, 0.29) is 11.4 Å². The largest absolute Gasteiger partial charge is 0.497 e. The van der Waals surface area contributed by atoms with Gasteiger partial charge in [-0.05, 0) is 43.3 Å². The van der Waals surface area contributed by atoms with Crippen molar-refractivity contribution in [3.63, 3.8) is 0 Å². The summed E-state index contributed by atoms with van der Waals surface area (Å²) in [5.41, 5.74) is 1.47. The second kappa shape index (κ2) is 9.06. The quantitative estimate of drug-likeness (QED) is 0.443. The number of carbonyl (C=O) groups is 2. The van der Waals surface area contributed by atoms with E-state index in [1.807, 2.05) is 6.07 Å². The molecule has 2 rings (SSSR count). The van der Waals surface area contributed by atoms with Crippen molar-refractivity contribution in [1.29, 1.82) is 5.26 Å². The maximum atomic E-state index is 12.4. The number of hydrogen-bond donors (Lipinski definition) is 2. The first kappa shape index (κ1) is 19.5. The zero-order valence-electron chi connectivity index (χ0n) is 15.2. The van der Waals surface area contributed by atoms with E-state index in [9.17, 15) is 14.9 Å². The van der Waals surface area contributed by atoms with Gasteiger partial charge in [-0.1, -0.05) is 0 Å². The van der Waals surface area contributed by atoms with Crippen LogP contribution in [0.1, 0.15) is 17.3 Å². The zero-order valence-corrected chi connectivity index (χ0v) is 15.2. The summed E-state index contributed by atoms with van der Waals surface area (Å²) < 4.78 is 10.3. The zero-order chi connectivity index (χ0) is 19.8. The van der Waals surface area contributed by atoms with Gasteiger partial charge >= 0.3 is 0 Å². The standard InChI is InChI=1S/C20H19N3O4/c1-13(24)14-4-6-16(7-5-14)22-12-15(11-21)20(25)23-18-10-17(26-2)8-9-19(18)27-3/h4-10,12,22H,1-3H3,(H,23,25)/b15-12-. The molecule has 2 aromatic rings. The van der Waals surface area contributed by atoms with Gasteiger partial charge in [0.1, 0.15) is 23.1 Å². The van der Waals surface area contributed by atoms with Crippen LogP contribution >= 0.6 is 0 Å². The molecule has 1 amide bonds. The summed E-state index contributed by atoms with van der Waals surface area (Å²) in [6.07, 6.45) is 1.30. The van der Waals surface area contributed by atoms with Crippen molar-refractivity contribution < 1.29 is 19.1 Å². The number of amides is 1. The fraction of sp³-hybridized carbons (Fsp3) is 0.150. The van der Waals surface area contributed by atoms with E-state index in [1.54, 1.807) is 42.5 Å². The van der Waals surface area contributed by atoms with Gasteiger partial charge in [0.15, 0.2) is 5.78 Å². The molecule has 0 aliphatic heterocycles.